The Balaban J connectivity index is 1.35. The minimum absolute atomic E-state index is 0.215. The Kier molecular flexibility index (Phi) is 5.81. The van der Waals surface area contributed by atoms with Gasteiger partial charge in [-0.15, -0.1) is 0 Å². The van der Waals surface area contributed by atoms with Crippen LogP contribution in [0.25, 0.3) is 6.08 Å². The van der Waals surface area contributed by atoms with Gasteiger partial charge in [-0.1, -0.05) is 48.5 Å². The highest BCUT2D eigenvalue weighted by Gasteiger charge is 2.18. The molecular formula is C23H23N5O. The maximum Gasteiger partial charge on any atom is 0.249 e. The van der Waals surface area contributed by atoms with E-state index in [9.17, 15) is 4.79 Å². The number of hydrogen-bond donors (Lipinski definition) is 1. The molecule has 1 amide bonds. The molecule has 0 aliphatic carbocycles. The Bertz CT molecular complexity index is 967. The topological polar surface area (TPSA) is 61.4 Å². The first kappa shape index (κ1) is 18.7. The maximum atomic E-state index is 12.2. The summed E-state index contributed by atoms with van der Waals surface area (Å²) in [6, 6.07) is 22.0. The molecule has 1 aromatic heterocycles. The van der Waals surface area contributed by atoms with Gasteiger partial charge in [0, 0.05) is 44.0 Å². The molecule has 3 aromatic rings. The molecule has 6 heteroatoms. The van der Waals surface area contributed by atoms with Crippen LogP contribution in [0.15, 0.2) is 79.1 Å². The SMILES string of the molecule is O=C(C=Cc1ccccc1)Nc1cc(N2CCN(c3ccccc3)CC2)ncn1. The van der Waals surface area contributed by atoms with Crippen molar-refractivity contribution in [3.8, 4) is 0 Å². The van der Waals surface area contributed by atoms with Gasteiger partial charge in [0.1, 0.15) is 18.0 Å². The summed E-state index contributed by atoms with van der Waals surface area (Å²) in [6.07, 6.45) is 4.78. The number of amides is 1. The number of carbonyl (C=O) groups excluding carboxylic acids is 1. The number of benzene rings is 2. The van der Waals surface area contributed by atoms with Crippen molar-refractivity contribution < 1.29 is 4.79 Å². The molecule has 4 rings (SSSR count). The summed E-state index contributed by atoms with van der Waals surface area (Å²) < 4.78 is 0. The molecule has 0 atom stereocenters. The first-order valence-electron chi connectivity index (χ1n) is 9.69. The summed E-state index contributed by atoms with van der Waals surface area (Å²) in [6.45, 7) is 3.59. The number of carbonyl (C=O) groups is 1. The number of nitrogens with zero attached hydrogens (tertiary/aromatic N) is 4. The molecule has 1 saturated heterocycles. The smallest absolute Gasteiger partial charge is 0.249 e. The number of aromatic nitrogens is 2. The van der Waals surface area contributed by atoms with Crippen LogP contribution < -0.4 is 15.1 Å². The summed E-state index contributed by atoms with van der Waals surface area (Å²) in [5.74, 6) is 1.12. The van der Waals surface area contributed by atoms with Gasteiger partial charge in [0.25, 0.3) is 0 Å². The predicted octanol–water partition coefficient (Wildman–Crippen LogP) is 3.46. The van der Waals surface area contributed by atoms with Crippen molar-refractivity contribution in [3.05, 3.63) is 84.7 Å². The lowest BCUT2D eigenvalue weighted by molar-refractivity contribution is -0.111. The van der Waals surface area contributed by atoms with Crippen molar-refractivity contribution in [1.82, 2.24) is 9.97 Å². The minimum Gasteiger partial charge on any atom is -0.368 e. The summed E-state index contributed by atoms with van der Waals surface area (Å²) >= 11 is 0. The van der Waals surface area contributed by atoms with E-state index in [1.54, 1.807) is 6.08 Å². The average Bonchev–Trinajstić information content (AvgIpc) is 2.79. The summed E-state index contributed by atoms with van der Waals surface area (Å²) in [4.78, 5) is 25.3. The molecule has 0 radical (unpaired) electrons. The van der Waals surface area contributed by atoms with Crippen molar-refractivity contribution >= 4 is 29.3 Å². The molecule has 0 unspecified atom stereocenters. The zero-order valence-electron chi connectivity index (χ0n) is 16.1. The fourth-order valence-corrected chi connectivity index (χ4v) is 3.32. The van der Waals surface area contributed by atoms with Gasteiger partial charge < -0.3 is 15.1 Å². The van der Waals surface area contributed by atoms with E-state index in [2.05, 4.69) is 49.4 Å². The second-order valence-electron chi connectivity index (χ2n) is 6.80. The van der Waals surface area contributed by atoms with E-state index in [0.29, 0.717) is 5.82 Å². The van der Waals surface area contributed by atoms with Crippen LogP contribution in [0.4, 0.5) is 17.3 Å². The van der Waals surface area contributed by atoms with E-state index in [1.165, 1.54) is 18.1 Å². The quantitative estimate of drug-likeness (QED) is 0.682. The number of rotatable bonds is 5. The third-order valence-corrected chi connectivity index (χ3v) is 4.86. The lowest BCUT2D eigenvalue weighted by atomic mass is 10.2. The highest BCUT2D eigenvalue weighted by Crippen LogP contribution is 2.20. The predicted molar refractivity (Wildman–Crippen MR) is 117 cm³/mol. The fraction of sp³-hybridized carbons (Fsp3) is 0.174. The Morgan fingerprint density at radius 1 is 0.862 bits per heavy atom. The van der Waals surface area contributed by atoms with Crippen molar-refractivity contribution in [1.29, 1.82) is 0 Å². The highest BCUT2D eigenvalue weighted by molar-refractivity contribution is 6.01. The first-order valence-corrected chi connectivity index (χ1v) is 9.69. The van der Waals surface area contributed by atoms with Crippen molar-refractivity contribution in [3.63, 3.8) is 0 Å². The molecule has 2 heterocycles. The molecule has 0 saturated carbocycles. The number of hydrogen-bond acceptors (Lipinski definition) is 5. The van der Waals surface area contributed by atoms with E-state index < -0.39 is 0 Å². The van der Waals surface area contributed by atoms with Gasteiger partial charge in [0.2, 0.25) is 5.91 Å². The number of piperazine rings is 1. The second kappa shape index (κ2) is 9.01. The van der Waals surface area contributed by atoms with Gasteiger partial charge in [0.05, 0.1) is 0 Å². The molecule has 29 heavy (non-hydrogen) atoms. The molecule has 1 aliphatic rings. The standard InChI is InChI=1S/C23H23N5O/c29-23(12-11-19-7-3-1-4-8-19)26-21-17-22(25-18-24-21)28-15-13-27(14-16-28)20-9-5-2-6-10-20/h1-12,17-18H,13-16H2,(H,24,25,26,29). The van der Waals surface area contributed by atoms with E-state index in [4.69, 9.17) is 0 Å². The van der Waals surface area contributed by atoms with E-state index >= 15 is 0 Å². The third kappa shape index (κ3) is 4.99. The lowest BCUT2D eigenvalue weighted by Gasteiger charge is -2.36. The second-order valence-corrected chi connectivity index (χ2v) is 6.80. The van der Waals surface area contributed by atoms with Crippen LogP contribution in [0.5, 0.6) is 0 Å². The molecule has 1 N–H and O–H groups in total. The van der Waals surface area contributed by atoms with E-state index in [0.717, 1.165) is 37.6 Å². The van der Waals surface area contributed by atoms with Crippen LogP contribution in [-0.2, 0) is 4.79 Å². The third-order valence-electron chi connectivity index (χ3n) is 4.86. The van der Waals surface area contributed by atoms with Gasteiger partial charge in [-0.2, -0.15) is 0 Å². The average molecular weight is 385 g/mol. The highest BCUT2D eigenvalue weighted by atomic mass is 16.1. The van der Waals surface area contributed by atoms with Gasteiger partial charge in [-0.3, -0.25) is 4.79 Å². The molecule has 0 spiro atoms. The van der Waals surface area contributed by atoms with E-state index in [-0.39, 0.29) is 5.91 Å². The largest absolute Gasteiger partial charge is 0.368 e. The molecule has 1 aliphatic heterocycles. The molecule has 146 valence electrons. The fourth-order valence-electron chi connectivity index (χ4n) is 3.32. The zero-order valence-corrected chi connectivity index (χ0v) is 16.1. The van der Waals surface area contributed by atoms with Gasteiger partial charge in [-0.25, -0.2) is 9.97 Å². The van der Waals surface area contributed by atoms with Gasteiger partial charge >= 0.3 is 0 Å². The maximum absolute atomic E-state index is 12.2. The summed E-state index contributed by atoms with van der Waals surface area (Å²) in [5, 5.41) is 2.81. The van der Waals surface area contributed by atoms with Crippen LogP contribution in [-0.4, -0.2) is 42.1 Å². The van der Waals surface area contributed by atoms with Gasteiger partial charge in [0.15, 0.2) is 0 Å². The molecule has 6 nitrogen and oxygen atoms in total. The summed E-state index contributed by atoms with van der Waals surface area (Å²) in [7, 11) is 0. The number of nitrogens with one attached hydrogen (secondary N) is 1. The Labute approximate surface area is 170 Å². The lowest BCUT2D eigenvalue weighted by Crippen LogP contribution is -2.46. The Morgan fingerprint density at radius 3 is 2.24 bits per heavy atom. The van der Waals surface area contributed by atoms with E-state index in [1.807, 2.05) is 42.5 Å². The molecule has 1 fully saturated rings. The van der Waals surface area contributed by atoms with Crippen LogP contribution in [0.3, 0.4) is 0 Å². The number of anilines is 3. The summed E-state index contributed by atoms with van der Waals surface area (Å²) in [5.41, 5.74) is 2.22. The molecular weight excluding hydrogens is 362 g/mol. The van der Waals surface area contributed by atoms with Crippen LogP contribution in [0.1, 0.15) is 5.56 Å². The number of para-hydroxylation sites is 1. The monoisotopic (exact) mass is 385 g/mol. The Hall–Kier alpha value is -3.67. The normalized spacial score (nSPS) is 14.2. The Morgan fingerprint density at radius 2 is 1.52 bits per heavy atom. The van der Waals surface area contributed by atoms with Crippen molar-refractivity contribution in [2.45, 2.75) is 0 Å². The van der Waals surface area contributed by atoms with Crippen LogP contribution in [0, 0.1) is 0 Å². The molecule has 0 bridgehead atoms. The van der Waals surface area contributed by atoms with Crippen LogP contribution >= 0.6 is 0 Å². The first-order chi connectivity index (χ1) is 14.3. The zero-order chi connectivity index (χ0) is 19.9. The van der Waals surface area contributed by atoms with Gasteiger partial charge in [-0.05, 0) is 23.8 Å². The van der Waals surface area contributed by atoms with Crippen molar-refractivity contribution in [2.75, 3.05) is 41.3 Å². The minimum atomic E-state index is -0.215. The molecule has 2 aromatic carbocycles. The van der Waals surface area contributed by atoms with Crippen molar-refractivity contribution in [2.24, 2.45) is 0 Å². The van der Waals surface area contributed by atoms with Crippen LogP contribution in [0.2, 0.25) is 0 Å².